The van der Waals surface area contributed by atoms with Crippen LogP contribution in [-0.2, 0) is 14.4 Å². The van der Waals surface area contributed by atoms with Crippen LogP contribution in [-0.4, -0.2) is 22.5 Å². The first-order valence-electron chi connectivity index (χ1n) is 9.63. The summed E-state index contributed by atoms with van der Waals surface area (Å²) >= 11 is 0. The van der Waals surface area contributed by atoms with Gasteiger partial charge in [-0.15, -0.1) is 0 Å². The number of carbonyl (C=O) groups is 3. The van der Waals surface area contributed by atoms with Crippen molar-refractivity contribution in [3.05, 3.63) is 23.0 Å². The summed E-state index contributed by atoms with van der Waals surface area (Å²) in [5.41, 5.74) is -1.44. The quantitative estimate of drug-likeness (QED) is 0.461. The first-order valence-corrected chi connectivity index (χ1v) is 9.63. The van der Waals surface area contributed by atoms with E-state index in [0.717, 1.165) is 12.0 Å². The third-order valence-corrected chi connectivity index (χ3v) is 7.05. The maximum Gasteiger partial charge on any atom is 0.183 e. The molecule has 1 N–H and O–H groups in total. The predicted molar refractivity (Wildman–Crippen MR) is 99.5 cm³/mol. The fraction of sp³-hybridized carbons (Fsp3) is 0.682. The molecule has 26 heavy (non-hydrogen) atoms. The van der Waals surface area contributed by atoms with Crippen molar-refractivity contribution in [2.45, 2.75) is 67.2 Å². The molecule has 0 aromatic heterocycles. The molecule has 3 rings (SSSR count). The van der Waals surface area contributed by atoms with Gasteiger partial charge in [-0.3, -0.25) is 14.4 Å². The van der Waals surface area contributed by atoms with E-state index in [9.17, 15) is 19.5 Å². The predicted octanol–water partition coefficient (Wildman–Crippen LogP) is 4.34. The molecule has 1 spiro atoms. The van der Waals surface area contributed by atoms with Crippen LogP contribution in [0.15, 0.2) is 23.0 Å². The van der Waals surface area contributed by atoms with E-state index in [-0.39, 0.29) is 34.2 Å². The zero-order valence-electron chi connectivity index (χ0n) is 16.7. The molecule has 2 bridgehead atoms. The van der Waals surface area contributed by atoms with Gasteiger partial charge in [0.15, 0.2) is 17.3 Å². The number of aliphatic hydroxyl groups excluding tert-OH is 1. The van der Waals surface area contributed by atoms with Gasteiger partial charge in [0.1, 0.15) is 11.3 Å². The van der Waals surface area contributed by atoms with Crippen molar-refractivity contribution in [1.29, 1.82) is 0 Å². The first-order chi connectivity index (χ1) is 11.9. The van der Waals surface area contributed by atoms with Crippen LogP contribution in [0.5, 0.6) is 0 Å². The van der Waals surface area contributed by atoms with Crippen LogP contribution < -0.4 is 0 Å². The molecule has 142 valence electrons. The van der Waals surface area contributed by atoms with E-state index >= 15 is 0 Å². The van der Waals surface area contributed by atoms with Gasteiger partial charge in [0.05, 0.1) is 10.8 Å². The fourth-order valence-corrected chi connectivity index (χ4v) is 5.44. The highest BCUT2D eigenvalue weighted by atomic mass is 16.3. The highest BCUT2D eigenvalue weighted by molar-refractivity contribution is 6.32. The number of aliphatic hydroxyl groups is 1. The Morgan fingerprint density at radius 2 is 1.85 bits per heavy atom. The molecule has 0 amide bonds. The summed E-state index contributed by atoms with van der Waals surface area (Å²) in [5.74, 6) is -1.69. The lowest BCUT2D eigenvalue weighted by Gasteiger charge is -2.36. The third kappa shape index (κ3) is 2.17. The largest absolute Gasteiger partial charge is 0.510 e. The van der Waals surface area contributed by atoms with E-state index in [4.69, 9.17) is 0 Å². The lowest BCUT2D eigenvalue weighted by Crippen LogP contribution is -2.50. The normalized spacial score (nSPS) is 35.1. The average Bonchev–Trinajstić information content (AvgIpc) is 2.93. The van der Waals surface area contributed by atoms with Crippen molar-refractivity contribution in [3.63, 3.8) is 0 Å². The molecule has 0 saturated heterocycles. The molecule has 0 aliphatic heterocycles. The maximum atomic E-state index is 13.6. The van der Waals surface area contributed by atoms with Crippen molar-refractivity contribution >= 4 is 17.3 Å². The molecule has 0 radical (unpaired) electrons. The van der Waals surface area contributed by atoms with Gasteiger partial charge in [0.25, 0.3) is 0 Å². The summed E-state index contributed by atoms with van der Waals surface area (Å²) in [4.78, 5) is 39.9. The Kier molecular flexibility index (Phi) is 4.14. The summed E-state index contributed by atoms with van der Waals surface area (Å²) < 4.78 is 0. The van der Waals surface area contributed by atoms with Crippen LogP contribution >= 0.6 is 0 Å². The minimum absolute atomic E-state index is 0.0954. The highest BCUT2D eigenvalue weighted by Gasteiger charge is 2.75. The number of allylic oxidation sites excluding steroid dienone is 4. The minimum atomic E-state index is -1.12. The summed E-state index contributed by atoms with van der Waals surface area (Å²) in [6.45, 7) is 11.6. The van der Waals surface area contributed by atoms with Gasteiger partial charge in [0, 0.05) is 5.92 Å². The van der Waals surface area contributed by atoms with Crippen LogP contribution in [0, 0.1) is 28.1 Å². The molecule has 0 aromatic carbocycles. The van der Waals surface area contributed by atoms with Crippen molar-refractivity contribution in [3.8, 4) is 0 Å². The highest BCUT2D eigenvalue weighted by Crippen LogP contribution is 2.70. The summed E-state index contributed by atoms with van der Waals surface area (Å²) in [7, 11) is 0. The fourth-order valence-electron chi connectivity index (χ4n) is 5.44. The number of hydrogen-bond acceptors (Lipinski definition) is 4. The van der Waals surface area contributed by atoms with Gasteiger partial charge in [0.2, 0.25) is 0 Å². The molecule has 2 fully saturated rings. The smallest absolute Gasteiger partial charge is 0.183 e. The molecule has 0 aromatic rings. The number of fused-ring (bicyclic) bond motifs is 1. The molecule has 3 aliphatic carbocycles. The Balaban J connectivity index is 2.27. The van der Waals surface area contributed by atoms with Crippen LogP contribution in [0.4, 0.5) is 0 Å². The van der Waals surface area contributed by atoms with Crippen LogP contribution in [0.3, 0.4) is 0 Å². The lowest BCUT2D eigenvalue weighted by atomic mass is 9.63. The average molecular weight is 358 g/mol. The van der Waals surface area contributed by atoms with Gasteiger partial charge in [-0.25, -0.2) is 0 Å². The molecule has 4 nitrogen and oxygen atoms in total. The molecule has 3 atom stereocenters. The number of hydrogen-bond donors (Lipinski definition) is 1. The molecular formula is C22H30O4. The number of ketones is 3. The van der Waals surface area contributed by atoms with E-state index in [0.29, 0.717) is 19.3 Å². The van der Waals surface area contributed by atoms with Crippen molar-refractivity contribution in [2.75, 3.05) is 0 Å². The van der Waals surface area contributed by atoms with Gasteiger partial charge in [-0.1, -0.05) is 39.3 Å². The summed E-state index contributed by atoms with van der Waals surface area (Å²) in [6, 6.07) is 0. The minimum Gasteiger partial charge on any atom is -0.510 e. The van der Waals surface area contributed by atoms with Crippen molar-refractivity contribution in [1.82, 2.24) is 0 Å². The third-order valence-electron chi connectivity index (χ3n) is 7.05. The van der Waals surface area contributed by atoms with E-state index in [2.05, 4.69) is 13.8 Å². The van der Waals surface area contributed by atoms with E-state index in [1.54, 1.807) is 13.8 Å². The van der Waals surface area contributed by atoms with Gasteiger partial charge in [-0.05, 0) is 50.9 Å². The molecule has 4 heteroatoms. The Morgan fingerprint density at radius 3 is 2.38 bits per heavy atom. The molecule has 3 aliphatic rings. The number of Topliss-reactive ketones (excluding diaryl/α,β-unsaturated/α-hetero) is 3. The monoisotopic (exact) mass is 358 g/mol. The van der Waals surface area contributed by atoms with E-state index in [1.807, 2.05) is 19.9 Å². The topological polar surface area (TPSA) is 71.4 Å². The first kappa shape index (κ1) is 19.1. The Morgan fingerprint density at radius 1 is 1.23 bits per heavy atom. The lowest BCUT2D eigenvalue weighted by molar-refractivity contribution is -0.144. The van der Waals surface area contributed by atoms with Gasteiger partial charge >= 0.3 is 0 Å². The van der Waals surface area contributed by atoms with Crippen LogP contribution in [0.25, 0.3) is 0 Å². The second kappa shape index (κ2) is 5.64. The molecular weight excluding hydrogens is 328 g/mol. The Labute approximate surface area is 155 Å². The molecule has 2 saturated carbocycles. The maximum absolute atomic E-state index is 13.6. The molecule has 0 heterocycles. The number of carbonyl (C=O) groups excluding carboxylic acids is 3. The summed E-state index contributed by atoms with van der Waals surface area (Å²) in [6.07, 6.45) is 4.04. The second-order valence-electron chi connectivity index (χ2n) is 9.69. The zero-order valence-corrected chi connectivity index (χ0v) is 16.7. The van der Waals surface area contributed by atoms with Gasteiger partial charge in [-0.2, -0.15) is 0 Å². The van der Waals surface area contributed by atoms with Gasteiger partial charge < -0.3 is 5.11 Å². The van der Waals surface area contributed by atoms with E-state index in [1.165, 1.54) is 0 Å². The number of rotatable bonds is 4. The van der Waals surface area contributed by atoms with Crippen molar-refractivity contribution in [2.24, 2.45) is 28.1 Å². The second-order valence-corrected chi connectivity index (χ2v) is 9.69. The standard InChI is InChI=1S/C22H30O4/c1-12(2)7-8-21-11-14-20(5,6)9-10-22(14,19(21)26)18(25)15(17(21)24)16(23)13(3)4/h7,13-14,24H,8-11H2,1-6H3/t14-,21?,22+/m0/s1. The SMILES string of the molecule is CC(C)=CCC12C[C@H]3C(C)(C)CC[C@@]3(C(=O)C(C(=O)C(C)C)=C1O)C2=O. The van der Waals surface area contributed by atoms with E-state index < -0.39 is 22.5 Å². The Hall–Kier alpha value is -1.71. The summed E-state index contributed by atoms with van der Waals surface area (Å²) in [5, 5.41) is 11.1. The zero-order chi connectivity index (χ0) is 19.7. The van der Waals surface area contributed by atoms with Crippen LogP contribution in [0.2, 0.25) is 0 Å². The Bertz CT molecular complexity index is 763. The molecule has 1 unspecified atom stereocenters. The van der Waals surface area contributed by atoms with Crippen molar-refractivity contribution < 1.29 is 19.5 Å². The van der Waals surface area contributed by atoms with Crippen LogP contribution in [0.1, 0.15) is 67.2 Å².